The number of hydrogen-bond acceptors (Lipinski definition) is 7. The van der Waals surface area contributed by atoms with E-state index in [1.807, 2.05) is 0 Å². The normalized spacial score (nSPS) is 15.8. The predicted octanol–water partition coefficient (Wildman–Crippen LogP) is 1.50. The van der Waals surface area contributed by atoms with E-state index in [-0.39, 0.29) is 38.5 Å². The van der Waals surface area contributed by atoms with E-state index in [0.717, 1.165) is 16.4 Å². The third-order valence-corrected chi connectivity index (χ3v) is 5.70. The number of aryl methyl sites for hydroxylation is 1. The van der Waals surface area contributed by atoms with E-state index in [2.05, 4.69) is 5.16 Å². The van der Waals surface area contributed by atoms with Crippen LogP contribution in [0, 0.1) is 12.7 Å². The van der Waals surface area contributed by atoms with Crippen molar-refractivity contribution in [1.82, 2.24) is 9.46 Å². The van der Waals surface area contributed by atoms with E-state index in [1.54, 1.807) is 13.0 Å². The Kier molecular flexibility index (Phi) is 5.35. The number of sulfonamides is 1. The number of carbonyl (C=O) groups is 1. The number of aromatic nitrogens is 1. The molecule has 1 aromatic heterocycles. The molecule has 140 valence electrons. The Hall–Kier alpha value is -2.30. The molecule has 0 unspecified atom stereocenters. The van der Waals surface area contributed by atoms with Crippen LogP contribution >= 0.6 is 0 Å². The van der Waals surface area contributed by atoms with Crippen molar-refractivity contribution in [2.24, 2.45) is 0 Å². The van der Waals surface area contributed by atoms with E-state index in [1.165, 1.54) is 6.07 Å². The lowest BCUT2D eigenvalue weighted by atomic mass is 10.2. The average Bonchev–Trinajstić information content (AvgIpc) is 3.06. The molecule has 1 saturated heterocycles. The lowest BCUT2D eigenvalue weighted by molar-refractivity contribution is 0.0463. The van der Waals surface area contributed by atoms with Gasteiger partial charge in [0, 0.05) is 19.2 Å². The first-order valence-electron chi connectivity index (χ1n) is 7.84. The van der Waals surface area contributed by atoms with Gasteiger partial charge >= 0.3 is 5.97 Å². The molecule has 26 heavy (non-hydrogen) atoms. The zero-order chi connectivity index (χ0) is 18.7. The number of benzene rings is 1. The summed E-state index contributed by atoms with van der Waals surface area (Å²) in [6.07, 6.45) is 0. The molecule has 1 aliphatic heterocycles. The number of hydrogen-bond donors (Lipinski definition) is 0. The van der Waals surface area contributed by atoms with E-state index in [0.29, 0.717) is 11.5 Å². The molecule has 1 aromatic carbocycles. The fourth-order valence-corrected chi connectivity index (χ4v) is 3.96. The summed E-state index contributed by atoms with van der Waals surface area (Å²) in [7, 11) is -4.07. The number of ether oxygens (including phenoxy) is 2. The van der Waals surface area contributed by atoms with Crippen molar-refractivity contribution in [2.75, 3.05) is 26.3 Å². The number of esters is 1. The van der Waals surface area contributed by atoms with Crippen LogP contribution in [-0.4, -0.2) is 50.2 Å². The number of halogens is 1. The second-order valence-corrected chi connectivity index (χ2v) is 7.57. The molecule has 0 N–H and O–H groups in total. The minimum Gasteiger partial charge on any atom is -0.455 e. The summed E-state index contributed by atoms with van der Waals surface area (Å²) < 4.78 is 55.5. The Morgan fingerprint density at radius 1 is 1.31 bits per heavy atom. The summed E-state index contributed by atoms with van der Waals surface area (Å²) in [5, 5.41) is 3.69. The highest BCUT2D eigenvalue weighted by atomic mass is 32.2. The molecule has 0 aliphatic carbocycles. The third-order valence-electron chi connectivity index (χ3n) is 3.78. The Morgan fingerprint density at radius 2 is 2.04 bits per heavy atom. The van der Waals surface area contributed by atoms with Crippen molar-refractivity contribution in [3.63, 3.8) is 0 Å². The molecule has 0 saturated carbocycles. The van der Waals surface area contributed by atoms with E-state index < -0.39 is 26.7 Å². The quantitative estimate of drug-likeness (QED) is 0.720. The minimum absolute atomic E-state index is 0.0709. The van der Waals surface area contributed by atoms with E-state index >= 15 is 0 Å². The molecule has 0 bridgehead atoms. The lowest BCUT2D eigenvalue weighted by Gasteiger charge is -2.26. The first-order valence-corrected chi connectivity index (χ1v) is 9.29. The summed E-state index contributed by atoms with van der Waals surface area (Å²) in [5.74, 6) is -1.15. The van der Waals surface area contributed by atoms with Crippen molar-refractivity contribution >= 4 is 16.0 Å². The van der Waals surface area contributed by atoms with Gasteiger partial charge in [0.2, 0.25) is 10.0 Å². The van der Waals surface area contributed by atoms with Crippen molar-refractivity contribution in [1.29, 1.82) is 0 Å². The number of carbonyl (C=O) groups excluding carboxylic acids is 1. The van der Waals surface area contributed by atoms with Gasteiger partial charge in [-0.05, 0) is 25.1 Å². The second kappa shape index (κ2) is 7.52. The topological polar surface area (TPSA) is 98.9 Å². The van der Waals surface area contributed by atoms with Crippen LogP contribution in [0.3, 0.4) is 0 Å². The zero-order valence-electron chi connectivity index (χ0n) is 14.0. The van der Waals surface area contributed by atoms with E-state index in [9.17, 15) is 17.6 Å². The molecule has 0 spiro atoms. The van der Waals surface area contributed by atoms with Crippen LogP contribution in [-0.2, 0) is 26.1 Å². The van der Waals surface area contributed by atoms with Gasteiger partial charge in [0.05, 0.1) is 18.8 Å². The van der Waals surface area contributed by atoms with Crippen molar-refractivity contribution in [3.8, 4) is 0 Å². The van der Waals surface area contributed by atoms with Crippen LogP contribution in [0.4, 0.5) is 4.39 Å². The SMILES string of the molecule is Cc1cc(COC(=O)c2ccc(F)c(S(=O)(=O)N3CCOCC3)c2)no1. The fraction of sp³-hybridized carbons (Fsp3) is 0.375. The number of morpholine rings is 1. The van der Waals surface area contributed by atoms with Crippen molar-refractivity contribution in [3.05, 3.63) is 47.1 Å². The highest BCUT2D eigenvalue weighted by Gasteiger charge is 2.30. The minimum atomic E-state index is -4.07. The zero-order valence-corrected chi connectivity index (χ0v) is 14.8. The van der Waals surface area contributed by atoms with Crippen LogP contribution in [0.1, 0.15) is 21.8 Å². The maximum Gasteiger partial charge on any atom is 0.338 e. The molecular weight excluding hydrogens is 367 g/mol. The summed E-state index contributed by atoms with van der Waals surface area (Å²) >= 11 is 0. The van der Waals surface area contributed by atoms with Gasteiger partial charge in [0.25, 0.3) is 0 Å². The molecular formula is C16H17FN2O6S. The standard InChI is InChI=1S/C16H17FN2O6S/c1-11-8-13(18-25-11)10-24-16(20)12-2-3-14(17)15(9-12)26(21,22)19-4-6-23-7-5-19/h2-3,8-9H,4-7,10H2,1H3. The maximum atomic E-state index is 14.1. The van der Waals surface area contributed by atoms with Gasteiger partial charge in [-0.25, -0.2) is 17.6 Å². The van der Waals surface area contributed by atoms with Crippen LogP contribution in [0.15, 0.2) is 33.7 Å². The fourth-order valence-electron chi connectivity index (χ4n) is 2.46. The van der Waals surface area contributed by atoms with Gasteiger partial charge in [-0.2, -0.15) is 4.31 Å². The molecule has 0 atom stereocenters. The van der Waals surface area contributed by atoms with Gasteiger partial charge in [-0.3, -0.25) is 0 Å². The highest BCUT2D eigenvalue weighted by molar-refractivity contribution is 7.89. The molecule has 1 aliphatic rings. The van der Waals surface area contributed by atoms with Gasteiger partial charge in [-0.15, -0.1) is 0 Å². The smallest absolute Gasteiger partial charge is 0.338 e. The number of nitrogens with zero attached hydrogens (tertiary/aromatic N) is 2. The first-order chi connectivity index (χ1) is 12.4. The molecule has 3 rings (SSSR count). The Balaban J connectivity index is 1.79. The molecule has 1 fully saturated rings. The lowest BCUT2D eigenvalue weighted by Crippen LogP contribution is -2.41. The van der Waals surface area contributed by atoms with Crippen molar-refractivity contribution < 1.29 is 31.6 Å². The second-order valence-electron chi connectivity index (χ2n) is 5.67. The van der Waals surface area contributed by atoms with Crippen LogP contribution < -0.4 is 0 Å². The van der Waals surface area contributed by atoms with Crippen LogP contribution in [0.25, 0.3) is 0 Å². The van der Waals surface area contributed by atoms with Gasteiger partial charge < -0.3 is 14.0 Å². The average molecular weight is 384 g/mol. The predicted molar refractivity (Wildman–Crippen MR) is 86.3 cm³/mol. The molecule has 0 radical (unpaired) electrons. The third kappa shape index (κ3) is 3.92. The Morgan fingerprint density at radius 3 is 2.69 bits per heavy atom. The molecule has 2 heterocycles. The van der Waals surface area contributed by atoms with Crippen LogP contribution in [0.2, 0.25) is 0 Å². The van der Waals surface area contributed by atoms with Gasteiger partial charge in [0.15, 0.2) is 0 Å². The Bertz CT molecular complexity index is 905. The van der Waals surface area contributed by atoms with Crippen LogP contribution in [0.5, 0.6) is 0 Å². The maximum absolute atomic E-state index is 14.1. The highest BCUT2D eigenvalue weighted by Crippen LogP contribution is 2.22. The molecule has 8 nitrogen and oxygen atoms in total. The first kappa shape index (κ1) is 18.5. The molecule has 2 aromatic rings. The largest absolute Gasteiger partial charge is 0.455 e. The van der Waals surface area contributed by atoms with E-state index in [4.69, 9.17) is 14.0 Å². The Labute approximate surface area is 149 Å². The monoisotopic (exact) mass is 384 g/mol. The summed E-state index contributed by atoms with van der Waals surface area (Å²) in [4.78, 5) is 11.6. The summed E-state index contributed by atoms with van der Waals surface area (Å²) in [6, 6.07) is 4.69. The summed E-state index contributed by atoms with van der Waals surface area (Å²) in [5.41, 5.74) is 0.345. The number of rotatable bonds is 5. The summed E-state index contributed by atoms with van der Waals surface area (Å²) in [6.45, 7) is 2.28. The van der Waals surface area contributed by atoms with Crippen molar-refractivity contribution in [2.45, 2.75) is 18.4 Å². The van der Waals surface area contributed by atoms with Gasteiger partial charge in [0.1, 0.15) is 28.8 Å². The molecule has 10 heteroatoms. The van der Waals surface area contributed by atoms with Gasteiger partial charge in [-0.1, -0.05) is 5.16 Å². The molecule has 0 amide bonds.